The van der Waals surface area contributed by atoms with Gasteiger partial charge in [-0.1, -0.05) is 35.9 Å². The number of benzene rings is 3. The van der Waals surface area contributed by atoms with E-state index < -0.39 is 10.0 Å². The van der Waals surface area contributed by atoms with Gasteiger partial charge in [0.15, 0.2) is 0 Å². The van der Waals surface area contributed by atoms with Crippen LogP contribution in [0.5, 0.6) is 0 Å². The molecule has 0 bridgehead atoms. The highest BCUT2D eigenvalue weighted by Gasteiger charge is 2.25. The molecular formula is C20H20S2. The summed E-state index contributed by atoms with van der Waals surface area (Å²) < 4.78 is 0. The lowest BCUT2D eigenvalue weighted by Gasteiger charge is -2.37. The highest BCUT2D eigenvalue weighted by atomic mass is 32.3. The summed E-state index contributed by atoms with van der Waals surface area (Å²) >= 11 is 4.42. The van der Waals surface area contributed by atoms with Crippen LogP contribution in [0.4, 0.5) is 0 Å². The number of thiol groups is 1. The Morgan fingerprint density at radius 3 is 1.64 bits per heavy atom. The maximum Gasteiger partial charge on any atom is 0.00407 e. The number of rotatable bonds is 3. The van der Waals surface area contributed by atoms with Crippen LogP contribution in [0.2, 0.25) is 0 Å². The average Bonchev–Trinajstić information content (AvgIpc) is 2.56. The fourth-order valence-electron chi connectivity index (χ4n) is 2.63. The van der Waals surface area contributed by atoms with Crippen molar-refractivity contribution >= 4 is 22.7 Å². The van der Waals surface area contributed by atoms with Crippen LogP contribution in [0.15, 0.2) is 98.4 Å². The monoisotopic (exact) mass is 324 g/mol. The predicted molar refractivity (Wildman–Crippen MR) is 99.6 cm³/mol. The third-order valence-corrected chi connectivity index (χ3v) is 7.96. The minimum Gasteiger partial charge on any atom is -0.163 e. The van der Waals surface area contributed by atoms with E-state index in [4.69, 9.17) is 0 Å². The number of hydrogen-bond donors (Lipinski definition) is 1. The quantitative estimate of drug-likeness (QED) is 0.545. The van der Waals surface area contributed by atoms with Gasteiger partial charge in [0, 0.05) is 4.90 Å². The second kappa shape index (κ2) is 6.23. The van der Waals surface area contributed by atoms with Crippen molar-refractivity contribution in [1.29, 1.82) is 0 Å². The third-order valence-electron chi connectivity index (χ3n) is 4.02. The number of aryl methyl sites for hydroxylation is 1. The molecule has 0 aliphatic heterocycles. The lowest BCUT2D eigenvalue weighted by Crippen LogP contribution is -2.01. The zero-order valence-corrected chi connectivity index (χ0v) is 14.6. The molecule has 22 heavy (non-hydrogen) atoms. The van der Waals surface area contributed by atoms with Crippen LogP contribution in [0.25, 0.3) is 0 Å². The molecular weight excluding hydrogens is 304 g/mol. The van der Waals surface area contributed by atoms with E-state index in [2.05, 4.69) is 105 Å². The Morgan fingerprint density at radius 2 is 1.09 bits per heavy atom. The third kappa shape index (κ3) is 2.81. The topological polar surface area (TPSA) is 0 Å². The Labute approximate surface area is 139 Å². The second-order valence-electron chi connectivity index (χ2n) is 5.54. The van der Waals surface area contributed by atoms with E-state index in [0.717, 1.165) is 4.90 Å². The molecule has 0 heterocycles. The molecule has 3 aromatic rings. The molecule has 1 atom stereocenters. The SMILES string of the molecule is Cc1ccc(S(C)(c2ccccc2)c2ccc(S)cc2)cc1. The normalized spacial score (nSPS) is 15.0. The molecule has 0 saturated carbocycles. The Hall–Kier alpha value is -1.64. The van der Waals surface area contributed by atoms with E-state index in [-0.39, 0.29) is 0 Å². The van der Waals surface area contributed by atoms with Gasteiger partial charge in [0.25, 0.3) is 0 Å². The first-order valence-electron chi connectivity index (χ1n) is 7.30. The number of hydrogen-bond acceptors (Lipinski definition) is 1. The Bertz CT molecular complexity index is 698. The van der Waals surface area contributed by atoms with E-state index >= 15 is 0 Å². The molecule has 3 rings (SSSR count). The molecule has 1 unspecified atom stereocenters. The first-order valence-corrected chi connectivity index (χ1v) is 9.79. The van der Waals surface area contributed by atoms with Gasteiger partial charge in [-0.3, -0.25) is 0 Å². The molecule has 2 heteroatoms. The average molecular weight is 325 g/mol. The highest BCUT2D eigenvalue weighted by Crippen LogP contribution is 2.65. The summed E-state index contributed by atoms with van der Waals surface area (Å²) in [6.07, 6.45) is 2.38. The van der Waals surface area contributed by atoms with Gasteiger partial charge in [-0.25, -0.2) is 0 Å². The van der Waals surface area contributed by atoms with Crippen molar-refractivity contribution < 1.29 is 0 Å². The minimum absolute atomic E-state index is 1.00. The van der Waals surface area contributed by atoms with Crippen molar-refractivity contribution in [2.45, 2.75) is 26.5 Å². The van der Waals surface area contributed by atoms with Gasteiger partial charge in [-0.15, -0.1) is 12.6 Å². The largest absolute Gasteiger partial charge is 0.163 e. The van der Waals surface area contributed by atoms with Crippen LogP contribution in [-0.4, -0.2) is 6.26 Å². The van der Waals surface area contributed by atoms with Gasteiger partial charge in [0.1, 0.15) is 0 Å². The van der Waals surface area contributed by atoms with Gasteiger partial charge < -0.3 is 0 Å². The van der Waals surface area contributed by atoms with Gasteiger partial charge in [-0.05, 0) is 76.4 Å². The Kier molecular flexibility index (Phi) is 4.32. The van der Waals surface area contributed by atoms with E-state index in [9.17, 15) is 0 Å². The van der Waals surface area contributed by atoms with Crippen molar-refractivity contribution in [1.82, 2.24) is 0 Å². The minimum atomic E-state index is -1.24. The molecule has 0 N–H and O–H groups in total. The fourth-order valence-corrected chi connectivity index (χ4v) is 5.66. The van der Waals surface area contributed by atoms with Crippen LogP contribution in [0.3, 0.4) is 0 Å². The first kappa shape index (κ1) is 15.3. The second-order valence-corrected chi connectivity index (χ2v) is 9.31. The van der Waals surface area contributed by atoms with Crippen LogP contribution in [0.1, 0.15) is 5.56 Å². The standard InChI is InChI=1S/C20H20S2/c1-16-8-12-19(13-9-16)22(2,18-6-4-3-5-7-18)20-14-10-17(21)11-15-20/h3-15,21H,1-2H3. The molecule has 112 valence electrons. The highest BCUT2D eigenvalue weighted by molar-refractivity contribution is 8.33. The van der Waals surface area contributed by atoms with Gasteiger partial charge >= 0.3 is 0 Å². The van der Waals surface area contributed by atoms with Gasteiger partial charge in [0.2, 0.25) is 0 Å². The summed E-state index contributed by atoms with van der Waals surface area (Å²) in [5.74, 6) is 0. The maximum atomic E-state index is 4.42. The Balaban J connectivity index is 2.22. The molecule has 0 saturated heterocycles. The molecule has 3 aromatic carbocycles. The van der Waals surface area contributed by atoms with E-state index in [1.807, 2.05) is 0 Å². The molecule has 0 fully saturated rings. The predicted octanol–water partition coefficient (Wildman–Crippen LogP) is 6.20. The fraction of sp³-hybridized carbons (Fsp3) is 0.100. The van der Waals surface area contributed by atoms with E-state index in [1.165, 1.54) is 20.2 Å². The molecule has 0 nitrogen and oxygen atoms in total. The van der Waals surface area contributed by atoms with Crippen LogP contribution < -0.4 is 0 Å². The molecule has 0 radical (unpaired) electrons. The summed E-state index contributed by atoms with van der Waals surface area (Å²) in [6.45, 7) is 2.13. The van der Waals surface area contributed by atoms with E-state index in [1.54, 1.807) is 0 Å². The van der Waals surface area contributed by atoms with Crippen LogP contribution >= 0.6 is 22.7 Å². The smallest absolute Gasteiger partial charge is 0.00407 e. The maximum absolute atomic E-state index is 4.42. The van der Waals surface area contributed by atoms with Crippen molar-refractivity contribution in [3.8, 4) is 0 Å². The van der Waals surface area contributed by atoms with Crippen LogP contribution in [-0.2, 0) is 0 Å². The molecule has 0 aromatic heterocycles. The first-order chi connectivity index (χ1) is 10.6. The van der Waals surface area contributed by atoms with Crippen molar-refractivity contribution in [3.63, 3.8) is 0 Å². The van der Waals surface area contributed by atoms with Crippen molar-refractivity contribution in [2.75, 3.05) is 6.26 Å². The zero-order valence-electron chi connectivity index (χ0n) is 12.9. The summed E-state index contributed by atoms with van der Waals surface area (Å²) in [4.78, 5) is 5.13. The lowest BCUT2D eigenvalue weighted by atomic mass is 10.2. The van der Waals surface area contributed by atoms with Crippen LogP contribution in [0, 0.1) is 6.92 Å². The molecule has 0 amide bonds. The molecule has 0 aliphatic rings. The van der Waals surface area contributed by atoms with Crippen molar-refractivity contribution in [3.05, 3.63) is 84.4 Å². The summed E-state index contributed by atoms with van der Waals surface area (Å²) in [7, 11) is -1.24. The molecule has 0 spiro atoms. The van der Waals surface area contributed by atoms with Gasteiger partial charge in [-0.2, -0.15) is 10.0 Å². The summed E-state index contributed by atoms with van der Waals surface area (Å²) in [5.41, 5.74) is 1.30. The summed E-state index contributed by atoms with van der Waals surface area (Å²) in [6, 6.07) is 28.4. The molecule has 0 aliphatic carbocycles. The van der Waals surface area contributed by atoms with E-state index in [0.29, 0.717) is 0 Å². The van der Waals surface area contributed by atoms with Gasteiger partial charge in [0.05, 0.1) is 0 Å². The Morgan fingerprint density at radius 1 is 0.636 bits per heavy atom. The lowest BCUT2D eigenvalue weighted by molar-refractivity contribution is 1.26. The van der Waals surface area contributed by atoms with Crippen molar-refractivity contribution in [2.24, 2.45) is 0 Å². The zero-order chi connectivity index (χ0) is 15.6. The summed E-state index contributed by atoms with van der Waals surface area (Å²) in [5, 5.41) is 0.